The number of rotatable bonds is 2. The molecule has 35 heavy (non-hydrogen) atoms. The lowest BCUT2D eigenvalue weighted by Gasteiger charge is -2.25. The Morgan fingerprint density at radius 2 is 1.91 bits per heavy atom. The molecule has 3 aromatic rings. The molecule has 0 saturated carbocycles. The Hall–Kier alpha value is -3.71. The Bertz CT molecular complexity index is 1290. The van der Waals surface area contributed by atoms with Gasteiger partial charge < -0.3 is 24.6 Å². The predicted octanol–water partition coefficient (Wildman–Crippen LogP) is 6.08. The van der Waals surface area contributed by atoms with Gasteiger partial charge in [-0.1, -0.05) is 23.7 Å². The van der Waals surface area contributed by atoms with Crippen LogP contribution in [-0.4, -0.2) is 55.0 Å². The van der Waals surface area contributed by atoms with Crippen LogP contribution in [0.1, 0.15) is 17.5 Å². The summed E-state index contributed by atoms with van der Waals surface area (Å²) in [5.74, 6) is 3.01. The number of urea groups is 1. The Kier molecular flexibility index (Phi) is 6.51. The normalized spacial score (nSPS) is 15.1. The molecule has 2 amide bonds. The number of aryl methyl sites for hydroxylation is 1. The highest BCUT2D eigenvalue weighted by molar-refractivity contribution is 6.30. The van der Waals surface area contributed by atoms with Crippen LogP contribution < -0.4 is 14.8 Å². The summed E-state index contributed by atoms with van der Waals surface area (Å²) in [7, 11) is 1.65. The number of ether oxygens (including phenoxy) is 2. The third-order valence-electron chi connectivity index (χ3n) is 6.15. The summed E-state index contributed by atoms with van der Waals surface area (Å²) in [5, 5.41) is 3.54. The van der Waals surface area contributed by atoms with E-state index in [0.717, 1.165) is 52.9 Å². The van der Waals surface area contributed by atoms with Crippen molar-refractivity contribution in [3.8, 4) is 17.2 Å². The van der Waals surface area contributed by atoms with Crippen LogP contribution in [0.4, 0.5) is 16.2 Å². The van der Waals surface area contributed by atoms with Crippen LogP contribution in [0.3, 0.4) is 0 Å². The summed E-state index contributed by atoms with van der Waals surface area (Å²) in [6.07, 6.45) is 0.808. The molecular formula is C27H27ClN4O3. The van der Waals surface area contributed by atoms with Crippen molar-refractivity contribution >= 4 is 34.8 Å². The van der Waals surface area contributed by atoms with Crippen molar-refractivity contribution in [1.82, 2.24) is 9.80 Å². The molecule has 2 aliphatic rings. The average molecular weight is 491 g/mol. The monoisotopic (exact) mass is 490 g/mol. The standard InChI is InChI=1S/C27H27ClN4O3/c1-18-7-9-23-25(15-18)35-24-10-8-21(34-2)17-22(24)26(30-23)31-11-4-12-32(14-13-31)27(33)29-20-6-3-5-19(28)16-20/h3,5-10,15-17H,4,11-14H2,1-2H3,(H,29,33). The summed E-state index contributed by atoms with van der Waals surface area (Å²) in [6, 6.07) is 18.8. The van der Waals surface area contributed by atoms with E-state index >= 15 is 0 Å². The number of amidine groups is 1. The number of halogens is 1. The van der Waals surface area contributed by atoms with E-state index in [9.17, 15) is 4.79 Å². The maximum atomic E-state index is 12.9. The summed E-state index contributed by atoms with van der Waals surface area (Å²) in [6.45, 7) is 4.64. The Morgan fingerprint density at radius 3 is 2.74 bits per heavy atom. The zero-order chi connectivity index (χ0) is 24.4. The number of nitrogens with one attached hydrogen (secondary N) is 1. The molecule has 8 heteroatoms. The average Bonchev–Trinajstić information content (AvgIpc) is 3.18. The van der Waals surface area contributed by atoms with Gasteiger partial charge in [0.25, 0.3) is 0 Å². The topological polar surface area (TPSA) is 66.4 Å². The second-order valence-corrected chi connectivity index (χ2v) is 9.08. The van der Waals surface area contributed by atoms with Crippen LogP contribution in [0.2, 0.25) is 5.02 Å². The zero-order valence-corrected chi connectivity index (χ0v) is 20.5. The molecule has 0 spiro atoms. The number of hydrogen-bond acceptors (Lipinski definition) is 5. The van der Waals surface area contributed by atoms with E-state index < -0.39 is 0 Å². The van der Waals surface area contributed by atoms with E-state index in [1.165, 1.54) is 0 Å². The number of hydrogen-bond donors (Lipinski definition) is 1. The summed E-state index contributed by atoms with van der Waals surface area (Å²) >= 11 is 6.06. The van der Waals surface area contributed by atoms with Gasteiger partial charge in [0.2, 0.25) is 0 Å². The Morgan fingerprint density at radius 1 is 1.03 bits per heavy atom. The van der Waals surface area contributed by atoms with Crippen molar-refractivity contribution in [1.29, 1.82) is 0 Å². The van der Waals surface area contributed by atoms with Gasteiger partial charge >= 0.3 is 6.03 Å². The highest BCUT2D eigenvalue weighted by Crippen LogP contribution is 2.40. The predicted molar refractivity (Wildman–Crippen MR) is 139 cm³/mol. The molecule has 2 heterocycles. The molecule has 7 nitrogen and oxygen atoms in total. The van der Waals surface area contributed by atoms with Crippen LogP contribution in [-0.2, 0) is 0 Å². The molecule has 1 saturated heterocycles. The molecule has 0 atom stereocenters. The minimum Gasteiger partial charge on any atom is -0.497 e. The fourth-order valence-corrected chi connectivity index (χ4v) is 4.52. The van der Waals surface area contributed by atoms with E-state index in [1.54, 1.807) is 19.2 Å². The highest BCUT2D eigenvalue weighted by Gasteiger charge is 2.27. The number of carbonyl (C=O) groups excluding carboxylic acids is 1. The Balaban J connectivity index is 1.41. The number of carbonyl (C=O) groups is 1. The van der Waals surface area contributed by atoms with Crippen molar-refractivity contribution in [3.05, 3.63) is 76.8 Å². The molecule has 1 N–H and O–H groups in total. The molecule has 0 radical (unpaired) electrons. The van der Waals surface area contributed by atoms with Crippen LogP contribution in [0.5, 0.6) is 17.2 Å². The third-order valence-corrected chi connectivity index (χ3v) is 6.38. The van der Waals surface area contributed by atoms with Crippen molar-refractivity contribution in [2.75, 3.05) is 38.6 Å². The molecule has 2 aliphatic heterocycles. The largest absolute Gasteiger partial charge is 0.497 e. The van der Waals surface area contributed by atoms with Crippen LogP contribution in [0.25, 0.3) is 0 Å². The van der Waals surface area contributed by atoms with Gasteiger partial charge in [-0.05, 0) is 67.4 Å². The zero-order valence-electron chi connectivity index (χ0n) is 19.8. The van der Waals surface area contributed by atoms with Crippen LogP contribution in [0.15, 0.2) is 65.7 Å². The van der Waals surface area contributed by atoms with Gasteiger partial charge in [-0.25, -0.2) is 9.79 Å². The number of methoxy groups -OCH3 is 1. The summed E-state index contributed by atoms with van der Waals surface area (Å²) in [5.41, 5.74) is 3.44. The van der Waals surface area contributed by atoms with Gasteiger partial charge in [0.05, 0.1) is 12.7 Å². The first-order valence-electron chi connectivity index (χ1n) is 11.6. The molecule has 5 rings (SSSR count). The van der Waals surface area contributed by atoms with Crippen LogP contribution in [0, 0.1) is 6.92 Å². The minimum absolute atomic E-state index is 0.136. The van der Waals surface area contributed by atoms with E-state index in [2.05, 4.69) is 10.2 Å². The summed E-state index contributed by atoms with van der Waals surface area (Å²) < 4.78 is 11.8. The van der Waals surface area contributed by atoms with E-state index in [1.807, 2.05) is 60.4 Å². The molecule has 0 bridgehead atoms. The molecule has 0 unspecified atom stereocenters. The Labute approximate surface area is 209 Å². The highest BCUT2D eigenvalue weighted by atomic mass is 35.5. The van der Waals surface area contributed by atoms with E-state index in [4.69, 9.17) is 26.1 Å². The smallest absolute Gasteiger partial charge is 0.321 e. The lowest BCUT2D eigenvalue weighted by atomic mass is 10.1. The van der Waals surface area contributed by atoms with Crippen molar-refractivity contribution in [2.45, 2.75) is 13.3 Å². The van der Waals surface area contributed by atoms with E-state index in [0.29, 0.717) is 30.3 Å². The van der Waals surface area contributed by atoms with Crippen molar-refractivity contribution < 1.29 is 14.3 Å². The number of fused-ring (bicyclic) bond motifs is 2. The quantitative estimate of drug-likeness (QED) is 0.472. The van der Waals surface area contributed by atoms with Crippen molar-refractivity contribution in [3.63, 3.8) is 0 Å². The number of nitrogens with zero attached hydrogens (tertiary/aromatic N) is 3. The molecule has 3 aromatic carbocycles. The van der Waals surface area contributed by atoms with Crippen molar-refractivity contribution in [2.24, 2.45) is 4.99 Å². The molecular weight excluding hydrogens is 464 g/mol. The van der Waals surface area contributed by atoms with Gasteiger partial charge in [0, 0.05) is 36.9 Å². The second kappa shape index (κ2) is 9.88. The third kappa shape index (κ3) is 5.05. The first kappa shape index (κ1) is 23.1. The number of aliphatic imine (C=N–C) groups is 1. The first-order chi connectivity index (χ1) is 17.0. The number of anilines is 1. The van der Waals surface area contributed by atoms with E-state index in [-0.39, 0.29) is 6.03 Å². The van der Waals surface area contributed by atoms with Gasteiger partial charge in [-0.3, -0.25) is 0 Å². The molecule has 0 aliphatic carbocycles. The maximum Gasteiger partial charge on any atom is 0.321 e. The minimum atomic E-state index is -0.136. The number of benzene rings is 3. The fourth-order valence-electron chi connectivity index (χ4n) is 4.33. The summed E-state index contributed by atoms with van der Waals surface area (Å²) in [4.78, 5) is 22.0. The molecule has 180 valence electrons. The second-order valence-electron chi connectivity index (χ2n) is 8.64. The molecule has 1 fully saturated rings. The first-order valence-corrected chi connectivity index (χ1v) is 12.0. The van der Waals surface area contributed by atoms with Gasteiger partial charge in [0.15, 0.2) is 5.75 Å². The van der Waals surface area contributed by atoms with Gasteiger partial charge in [-0.2, -0.15) is 0 Å². The lowest BCUT2D eigenvalue weighted by molar-refractivity contribution is 0.214. The van der Waals surface area contributed by atoms with Crippen LogP contribution >= 0.6 is 11.6 Å². The van der Waals surface area contributed by atoms with Gasteiger partial charge in [0.1, 0.15) is 23.0 Å². The molecule has 0 aromatic heterocycles. The SMILES string of the molecule is COc1ccc2c(c1)C(N1CCCN(C(=O)Nc3cccc(Cl)c3)CC1)=Nc1ccc(C)cc1O2. The maximum absolute atomic E-state index is 12.9. The number of amides is 2. The fraction of sp³-hybridized carbons (Fsp3) is 0.259. The van der Waals surface area contributed by atoms with Gasteiger partial charge in [-0.15, -0.1) is 0 Å². The lowest BCUT2D eigenvalue weighted by Crippen LogP contribution is -2.39.